The molecule has 0 atom stereocenters. The van der Waals surface area contributed by atoms with Crippen molar-refractivity contribution in [2.45, 2.75) is 32.8 Å². The smallest absolute Gasteiger partial charge is 0.318 e. The number of fused-ring (bicyclic) bond motifs is 1. The molecule has 0 aliphatic rings. The maximum atomic E-state index is 11.6. The SMILES string of the molecule is COc1ccc2cc(C#CCC(=O)OC(C)(C)C)ccc2c1. The van der Waals surface area contributed by atoms with Crippen LogP contribution in [-0.2, 0) is 9.53 Å². The third kappa shape index (κ3) is 4.53. The molecule has 2 aromatic carbocycles. The lowest BCUT2D eigenvalue weighted by Gasteiger charge is -2.18. The molecule has 2 rings (SSSR count). The molecule has 0 heterocycles. The maximum absolute atomic E-state index is 11.6. The average molecular weight is 296 g/mol. The molecule has 0 unspecified atom stereocenters. The summed E-state index contributed by atoms with van der Waals surface area (Å²) in [5.41, 5.74) is 0.405. The Morgan fingerprint density at radius 1 is 1.09 bits per heavy atom. The molecule has 0 aliphatic carbocycles. The molecule has 0 N–H and O–H groups in total. The zero-order valence-corrected chi connectivity index (χ0v) is 13.4. The lowest BCUT2D eigenvalue weighted by atomic mass is 10.1. The van der Waals surface area contributed by atoms with Gasteiger partial charge in [-0.2, -0.15) is 0 Å². The van der Waals surface area contributed by atoms with Crippen LogP contribution in [0.1, 0.15) is 32.8 Å². The Balaban J connectivity index is 2.10. The summed E-state index contributed by atoms with van der Waals surface area (Å²) in [6.07, 6.45) is 0.0952. The summed E-state index contributed by atoms with van der Waals surface area (Å²) in [4.78, 5) is 11.6. The van der Waals surface area contributed by atoms with Gasteiger partial charge in [0.2, 0.25) is 0 Å². The van der Waals surface area contributed by atoms with Crippen LogP contribution in [0.4, 0.5) is 0 Å². The zero-order chi connectivity index (χ0) is 16.2. The van der Waals surface area contributed by atoms with Crippen LogP contribution < -0.4 is 4.74 Å². The van der Waals surface area contributed by atoms with Crippen molar-refractivity contribution in [2.24, 2.45) is 0 Å². The van der Waals surface area contributed by atoms with Gasteiger partial charge in [-0.05, 0) is 55.8 Å². The number of hydrogen-bond acceptors (Lipinski definition) is 3. The topological polar surface area (TPSA) is 35.5 Å². The lowest BCUT2D eigenvalue weighted by molar-refractivity contribution is -0.153. The van der Waals surface area contributed by atoms with E-state index >= 15 is 0 Å². The van der Waals surface area contributed by atoms with Crippen LogP contribution in [0.25, 0.3) is 10.8 Å². The molecule has 0 saturated carbocycles. The zero-order valence-electron chi connectivity index (χ0n) is 13.4. The van der Waals surface area contributed by atoms with Gasteiger partial charge in [0.05, 0.1) is 7.11 Å². The first kappa shape index (κ1) is 15.9. The van der Waals surface area contributed by atoms with Crippen molar-refractivity contribution in [2.75, 3.05) is 7.11 Å². The van der Waals surface area contributed by atoms with Gasteiger partial charge >= 0.3 is 5.97 Å². The van der Waals surface area contributed by atoms with Crippen LogP contribution in [0.2, 0.25) is 0 Å². The Kier molecular flexibility index (Phi) is 4.72. The third-order valence-electron chi connectivity index (χ3n) is 2.93. The van der Waals surface area contributed by atoms with E-state index in [0.29, 0.717) is 0 Å². The number of rotatable bonds is 2. The van der Waals surface area contributed by atoms with E-state index in [9.17, 15) is 4.79 Å². The van der Waals surface area contributed by atoms with Crippen molar-refractivity contribution in [1.82, 2.24) is 0 Å². The summed E-state index contributed by atoms with van der Waals surface area (Å²) < 4.78 is 10.4. The first-order valence-electron chi connectivity index (χ1n) is 7.16. The number of carbonyl (C=O) groups is 1. The number of carbonyl (C=O) groups excluding carboxylic acids is 1. The van der Waals surface area contributed by atoms with Gasteiger partial charge in [0.1, 0.15) is 17.8 Å². The molecule has 0 bridgehead atoms. The van der Waals surface area contributed by atoms with Gasteiger partial charge in [-0.1, -0.05) is 24.0 Å². The summed E-state index contributed by atoms with van der Waals surface area (Å²) in [6.45, 7) is 5.53. The van der Waals surface area contributed by atoms with Gasteiger partial charge < -0.3 is 9.47 Å². The summed E-state index contributed by atoms with van der Waals surface area (Å²) in [6, 6.07) is 11.8. The summed E-state index contributed by atoms with van der Waals surface area (Å²) in [5.74, 6) is 6.39. The number of ether oxygens (including phenoxy) is 2. The highest BCUT2D eigenvalue weighted by atomic mass is 16.6. The average Bonchev–Trinajstić information content (AvgIpc) is 2.44. The monoisotopic (exact) mass is 296 g/mol. The van der Waals surface area contributed by atoms with Gasteiger partial charge in [0.15, 0.2) is 0 Å². The van der Waals surface area contributed by atoms with Crippen molar-refractivity contribution < 1.29 is 14.3 Å². The van der Waals surface area contributed by atoms with Gasteiger partial charge in [-0.3, -0.25) is 4.79 Å². The van der Waals surface area contributed by atoms with Gasteiger partial charge in [0.25, 0.3) is 0 Å². The predicted octanol–water partition coefficient (Wildman–Crippen LogP) is 3.93. The molecule has 0 amide bonds. The fraction of sp³-hybridized carbons (Fsp3) is 0.316. The highest BCUT2D eigenvalue weighted by Gasteiger charge is 2.14. The Morgan fingerprint density at radius 3 is 2.45 bits per heavy atom. The molecule has 0 saturated heterocycles. The van der Waals surface area contributed by atoms with E-state index in [4.69, 9.17) is 9.47 Å². The summed E-state index contributed by atoms with van der Waals surface area (Å²) in [5, 5.41) is 2.18. The molecular formula is C19H20O3. The third-order valence-corrected chi connectivity index (χ3v) is 2.93. The second-order valence-corrected chi connectivity index (χ2v) is 5.99. The van der Waals surface area contributed by atoms with Gasteiger partial charge in [-0.15, -0.1) is 0 Å². The van der Waals surface area contributed by atoms with Crippen LogP contribution in [0.5, 0.6) is 5.75 Å². The minimum absolute atomic E-state index is 0.0952. The van der Waals surface area contributed by atoms with Crippen LogP contribution in [0.3, 0.4) is 0 Å². The van der Waals surface area contributed by atoms with Crippen LogP contribution >= 0.6 is 0 Å². The highest BCUT2D eigenvalue weighted by Crippen LogP contribution is 2.21. The Labute approximate surface area is 131 Å². The second-order valence-electron chi connectivity index (χ2n) is 5.99. The van der Waals surface area contributed by atoms with E-state index in [1.807, 2.05) is 57.2 Å². The normalized spacial score (nSPS) is 10.7. The lowest BCUT2D eigenvalue weighted by Crippen LogP contribution is -2.23. The number of hydrogen-bond donors (Lipinski definition) is 0. The molecule has 114 valence electrons. The molecule has 3 heteroatoms. The standard InChI is InChI=1S/C19H20O3/c1-19(2,3)22-18(20)7-5-6-14-8-9-16-13-17(21-4)11-10-15(16)12-14/h8-13H,7H2,1-4H3. The Bertz CT molecular complexity index is 743. The fourth-order valence-electron chi connectivity index (χ4n) is 2.02. The van der Waals surface area contributed by atoms with Crippen molar-refractivity contribution in [3.63, 3.8) is 0 Å². The Hall–Kier alpha value is -2.47. The van der Waals surface area contributed by atoms with E-state index in [0.717, 1.165) is 22.1 Å². The summed E-state index contributed by atoms with van der Waals surface area (Å²) >= 11 is 0. The second kappa shape index (κ2) is 6.53. The highest BCUT2D eigenvalue weighted by molar-refractivity contribution is 5.85. The minimum Gasteiger partial charge on any atom is -0.497 e. The van der Waals surface area contributed by atoms with E-state index in [1.54, 1.807) is 7.11 Å². The minimum atomic E-state index is -0.471. The first-order chi connectivity index (χ1) is 10.4. The molecule has 3 nitrogen and oxygen atoms in total. The van der Waals surface area contributed by atoms with Gasteiger partial charge in [0, 0.05) is 5.56 Å². The molecule has 0 aromatic heterocycles. The van der Waals surface area contributed by atoms with E-state index < -0.39 is 5.60 Å². The molecule has 0 radical (unpaired) electrons. The molecule has 0 fully saturated rings. The fourth-order valence-corrected chi connectivity index (χ4v) is 2.02. The Morgan fingerprint density at radius 2 is 1.77 bits per heavy atom. The molecule has 22 heavy (non-hydrogen) atoms. The summed E-state index contributed by atoms with van der Waals surface area (Å²) in [7, 11) is 1.65. The maximum Gasteiger partial charge on any atom is 0.318 e. The van der Waals surface area contributed by atoms with Crippen LogP contribution in [0, 0.1) is 11.8 Å². The van der Waals surface area contributed by atoms with E-state index in [1.165, 1.54) is 0 Å². The number of esters is 1. The molecule has 0 aliphatic heterocycles. The number of methoxy groups -OCH3 is 1. The number of benzene rings is 2. The first-order valence-corrected chi connectivity index (χ1v) is 7.16. The van der Waals surface area contributed by atoms with Crippen LogP contribution in [-0.4, -0.2) is 18.7 Å². The van der Waals surface area contributed by atoms with Crippen molar-refractivity contribution in [3.8, 4) is 17.6 Å². The van der Waals surface area contributed by atoms with Crippen LogP contribution in [0.15, 0.2) is 36.4 Å². The van der Waals surface area contributed by atoms with Crippen molar-refractivity contribution >= 4 is 16.7 Å². The largest absolute Gasteiger partial charge is 0.497 e. The van der Waals surface area contributed by atoms with E-state index in [-0.39, 0.29) is 12.4 Å². The van der Waals surface area contributed by atoms with Crippen molar-refractivity contribution in [1.29, 1.82) is 0 Å². The molecule has 2 aromatic rings. The quantitative estimate of drug-likeness (QED) is 0.622. The van der Waals surface area contributed by atoms with Gasteiger partial charge in [-0.25, -0.2) is 0 Å². The predicted molar refractivity (Wildman–Crippen MR) is 87.8 cm³/mol. The molecule has 0 spiro atoms. The van der Waals surface area contributed by atoms with Crippen molar-refractivity contribution in [3.05, 3.63) is 42.0 Å². The van der Waals surface area contributed by atoms with E-state index in [2.05, 4.69) is 11.8 Å². The molecular weight excluding hydrogens is 276 g/mol.